The zero-order valence-corrected chi connectivity index (χ0v) is 13.2. The summed E-state index contributed by atoms with van der Waals surface area (Å²) in [5.74, 6) is -0.0460. The fraction of sp³-hybridized carbons (Fsp3) is 0.250. The summed E-state index contributed by atoms with van der Waals surface area (Å²) in [6.45, 7) is 5.29. The number of nitrogens with zero attached hydrogens (tertiary/aromatic N) is 2. The van der Waals surface area contributed by atoms with Crippen molar-refractivity contribution >= 4 is 21.8 Å². The van der Waals surface area contributed by atoms with Crippen molar-refractivity contribution in [3.63, 3.8) is 0 Å². The fourth-order valence-electron chi connectivity index (χ4n) is 2.05. The molecule has 1 aromatic heterocycles. The molecular weight excluding hydrogens is 316 g/mol. The lowest BCUT2D eigenvalue weighted by molar-refractivity contribution is 0.0746. The van der Waals surface area contributed by atoms with Crippen LogP contribution >= 0.6 is 15.9 Å². The second kappa shape index (κ2) is 6.66. The standard InChI is InChI=1S/C16H17BrN2O/c1-3-19(11-13-7-4-6-12(2)10-13)16(20)14-8-5-9-15(17)18-14/h4-10H,3,11H2,1-2H3. The van der Waals surface area contributed by atoms with Crippen LogP contribution in [0, 0.1) is 6.92 Å². The zero-order valence-electron chi connectivity index (χ0n) is 11.6. The molecule has 0 bridgehead atoms. The van der Waals surface area contributed by atoms with Crippen LogP contribution in [0.1, 0.15) is 28.5 Å². The summed E-state index contributed by atoms with van der Waals surface area (Å²) < 4.78 is 0.676. The second-order valence-electron chi connectivity index (χ2n) is 4.65. The average Bonchev–Trinajstić information content (AvgIpc) is 2.44. The monoisotopic (exact) mass is 332 g/mol. The lowest BCUT2D eigenvalue weighted by Gasteiger charge is -2.20. The molecule has 2 aromatic rings. The van der Waals surface area contributed by atoms with Crippen LogP contribution in [0.5, 0.6) is 0 Å². The summed E-state index contributed by atoms with van der Waals surface area (Å²) >= 11 is 3.30. The van der Waals surface area contributed by atoms with E-state index in [1.165, 1.54) is 5.56 Å². The van der Waals surface area contributed by atoms with Crippen molar-refractivity contribution in [3.8, 4) is 0 Å². The van der Waals surface area contributed by atoms with Crippen molar-refractivity contribution < 1.29 is 4.79 Å². The van der Waals surface area contributed by atoms with Crippen molar-refractivity contribution in [3.05, 3.63) is 63.9 Å². The van der Waals surface area contributed by atoms with Crippen LogP contribution in [-0.4, -0.2) is 22.3 Å². The van der Waals surface area contributed by atoms with Gasteiger partial charge in [-0.15, -0.1) is 0 Å². The molecule has 1 amide bonds. The Morgan fingerprint density at radius 2 is 2.00 bits per heavy atom. The molecule has 0 atom stereocenters. The van der Waals surface area contributed by atoms with Crippen molar-refractivity contribution in [1.82, 2.24) is 9.88 Å². The molecule has 0 aliphatic carbocycles. The summed E-state index contributed by atoms with van der Waals surface area (Å²) in [5.41, 5.74) is 2.80. The number of amides is 1. The van der Waals surface area contributed by atoms with E-state index in [1.807, 2.05) is 31.2 Å². The summed E-state index contributed by atoms with van der Waals surface area (Å²) in [4.78, 5) is 18.5. The minimum Gasteiger partial charge on any atom is -0.333 e. The van der Waals surface area contributed by atoms with Gasteiger partial charge in [0.1, 0.15) is 10.3 Å². The van der Waals surface area contributed by atoms with E-state index in [2.05, 4.69) is 40.0 Å². The third-order valence-corrected chi connectivity index (χ3v) is 3.50. The van der Waals surface area contributed by atoms with Crippen molar-refractivity contribution in [1.29, 1.82) is 0 Å². The number of hydrogen-bond donors (Lipinski definition) is 0. The molecule has 3 nitrogen and oxygen atoms in total. The Labute approximate surface area is 127 Å². The number of rotatable bonds is 4. The third kappa shape index (κ3) is 3.67. The van der Waals surface area contributed by atoms with Crippen molar-refractivity contribution in [2.75, 3.05) is 6.54 Å². The fourth-order valence-corrected chi connectivity index (χ4v) is 2.39. The number of carbonyl (C=O) groups is 1. The molecular formula is C16H17BrN2O. The normalized spacial score (nSPS) is 10.3. The lowest BCUT2D eigenvalue weighted by atomic mass is 10.1. The highest BCUT2D eigenvalue weighted by Gasteiger charge is 2.16. The Morgan fingerprint density at radius 1 is 1.25 bits per heavy atom. The average molecular weight is 333 g/mol. The first-order valence-electron chi connectivity index (χ1n) is 6.57. The van der Waals surface area contributed by atoms with Gasteiger partial charge in [0.25, 0.3) is 5.91 Å². The number of hydrogen-bond acceptors (Lipinski definition) is 2. The van der Waals surface area contributed by atoms with E-state index in [1.54, 1.807) is 11.0 Å². The quantitative estimate of drug-likeness (QED) is 0.797. The SMILES string of the molecule is CCN(Cc1cccc(C)c1)C(=O)c1cccc(Br)n1. The predicted molar refractivity (Wildman–Crippen MR) is 83.5 cm³/mol. The Kier molecular flexibility index (Phi) is 4.90. The maximum absolute atomic E-state index is 12.5. The van der Waals surface area contributed by atoms with Crippen LogP contribution in [0.25, 0.3) is 0 Å². The molecule has 0 unspecified atom stereocenters. The van der Waals surface area contributed by atoms with E-state index in [4.69, 9.17) is 0 Å². The van der Waals surface area contributed by atoms with Gasteiger partial charge in [-0.1, -0.05) is 35.9 Å². The Hall–Kier alpha value is -1.68. The van der Waals surface area contributed by atoms with Crippen LogP contribution in [0.4, 0.5) is 0 Å². The van der Waals surface area contributed by atoms with E-state index in [9.17, 15) is 4.79 Å². The Bertz CT molecular complexity index is 613. The number of carbonyl (C=O) groups excluding carboxylic acids is 1. The smallest absolute Gasteiger partial charge is 0.272 e. The Morgan fingerprint density at radius 3 is 2.65 bits per heavy atom. The molecule has 0 fully saturated rings. The minimum atomic E-state index is -0.0460. The number of benzene rings is 1. The van der Waals surface area contributed by atoms with Crippen LogP contribution in [0.3, 0.4) is 0 Å². The highest BCUT2D eigenvalue weighted by atomic mass is 79.9. The summed E-state index contributed by atoms with van der Waals surface area (Å²) in [7, 11) is 0. The molecule has 20 heavy (non-hydrogen) atoms. The number of aryl methyl sites for hydroxylation is 1. The van der Waals surface area contributed by atoms with Crippen LogP contribution in [0.2, 0.25) is 0 Å². The van der Waals surface area contributed by atoms with Gasteiger partial charge in [0.2, 0.25) is 0 Å². The molecule has 0 N–H and O–H groups in total. The maximum atomic E-state index is 12.5. The molecule has 0 spiro atoms. The van der Waals surface area contributed by atoms with E-state index < -0.39 is 0 Å². The van der Waals surface area contributed by atoms with Crippen molar-refractivity contribution in [2.45, 2.75) is 20.4 Å². The molecule has 0 saturated heterocycles. The van der Waals surface area contributed by atoms with Gasteiger partial charge >= 0.3 is 0 Å². The summed E-state index contributed by atoms with van der Waals surface area (Å²) in [6.07, 6.45) is 0. The van der Waals surface area contributed by atoms with Gasteiger partial charge in [-0.05, 0) is 47.5 Å². The second-order valence-corrected chi connectivity index (χ2v) is 5.47. The third-order valence-electron chi connectivity index (χ3n) is 3.06. The van der Waals surface area contributed by atoms with Crippen LogP contribution < -0.4 is 0 Å². The molecule has 0 aliphatic heterocycles. The van der Waals surface area contributed by atoms with Gasteiger partial charge in [0, 0.05) is 13.1 Å². The van der Waals surface area contributed by atoms with Crippen LogP contribution in [0.15, 0.2) is 47.1 Å². The predicted octanol–water partition coefficient (Wildman–Crippen LogP) is 3.81. The molecule has 0 radical (unpaired) electrons. The van der Waals surface area contributed by atoms with Gasteiger partial charge in [-0.2, -0.15) is 0 Å². The van der Waals surface area contributed by atoms with Gasteiger partial charge in [0.15, 0.2) is 0 Å². The lowest BCUT2D eigenvalue weighted by Crippen LogP contribution is -2.31. The van der Waals surface area contributed by atoms with Gasteiger partial charge in [0.05, 0.1) is 0 Å². The first kappa shape index (κ1) is 14.7. The van der Waals surface area contributed by atoms with E-state index in [-0.39, 0.29) is 5.91 Å². The molecule has 0 aliphatic rings. The highest BCUT2D eigenvalue weighted by molar-refractivity contribution is 9.10. The summed E-state index contributed by atoms with van der Waals surface area (Å²) in [5, 5.41) is 0. The molecule has 1 heterocycles. The molecule has 1 aromatic carbocycles. The zero-order chi connectivity index (χ0) is 14.5. The van der Waals surface area contributed by atoms with Gasteiger partial charge in [-0.25, -0.2) is 4.98 Å². The van der Waals surface area contributed by atoms with E-state index >= 15 is 0 Å². The van der Waals surface area contributed by atoms with Gasteiger partial charge in [-0.3, -0.25) is 4.79 Å². The van der Waals surface area contributed by atoms with Gasteiger partial charge < -0.3 is 4.90 Å². The number of aromatic nitrogens is 1. The molecule has 2 rings (SSSR count). The van der Waals surface area contributed by atoms with E-state index in [0.29, 0.717) is 23.4 Å². The Balaban J connectivity index is 2.18. The first-order valence-corrected chi connectivity index (χ1v) is 7.37. The van der Waals surface area contributed by atoms with Crippen LogP contribution in [-0.2, 0) is 6.54 Å². The largest absolute Gasteiger partial charge is 0.333 e. The molecule has 0 saturated carbocycles. The topological polar surface area (TPSA) is 33.2 Å². The first-order chi connectivity index (χ1) is 9.60. The van der Waals surface area contributed by atoms with E-state index in [0.717, 1.165) is 5.56 Å². The van der Waals surface area contributed by atoms with Crippen molar-refractivity contribution in [2.24, 2.45) is 0 Å². The summed E-state index contributed by atoms with van der Waals surface area (Å²) in [6, 6.07) is 13.6. The number of pyridine rings is 1. The minimum absolute atomic E-state index is 0.0460. The highest BCUT2D eigenvalue weighted by Crippen LogP contribution is 2.12. The molecule has 4 heteroatoms. The maximum Gasteiger partial charge on any atom is 0.272 e. The number of halogens is 1. The molecule has 104 valence electrons.